The normalized spacial score (nSPS) is 14.0. The van der Waals surface area contributed by atoms with Gasteiger partial charge in [-0.3, -0.25) is 9.78 Å². The van der Waals surface area contributed by atoms with Crippen molar-refractivity contribution in [1.82, 2.24) is 20.5 Å². The molecule has 6 heteroatoms. The number of nitrogens with zero attached hydrogens (tertiary/aromatic N) is 2. The highest BCUT2D eigenvalue weighted by atomic mass is 16.2. The number of hydrogen-bond donors (Lipinski definition) is 2. The molecular formula is C26H38N4O2. The summed E-state index contributed by atoms with van der Waals surface area (Å²) >= 11 is 0. The topological polar surface area (TPSA) is 74.3 Å². The first-order valence-electron chi connectivity index (χ1n) is 11.6. The summed E-state index contributed by atoms with van der Waals surface area (Å²) in [7, 11) is 0. The molecule has 0 aliphatic rings. The molecule has 0 aliphatic carbocycles. The number of pyridine rings is 1. The molecule has 1 aromatic carbocycles. The summed E-state index contributed by atoms with van der Waals surface area (Å²) in [6.45, 7) is 12.5. The molecule has 0 saturated carbocycles. The molecule has 0 fully saturated rings. The van der Waals surface area contributed by atoms with Crippen molar-refractivity contribution in [3.05, 3.63) is 66.0 Å². The van der Waals surface area contributed by atoms with Crippen LogP contribution in [0.4, 0.5) is 4.79 Å². The Balaban J connectivity index is 2.47. The number of carbonyl (C=O) groups excluding carboxylic acids is 2. The maximum atomic E-state index is 14.0. The van der Waals surface area contributed by atoms with Gasteiger partial charge < -0.3 is 15.5 Å². The average molecular weight is 439 g/mol. The highest BCUT2D eigenvalue weighted by Gasteiger charge is 2.36. The van der Waals surface area contributed by atoms with Gasteiger partial charge in [0.2, 0.25) is 5.91 Å². The third-order valence-corrected chi connectivity index (χ3v) is 5.78. The molecule has 2 rings (SSSR count). The Morgan fingerprint density at radius 3 is 2.09 bits per heavy atom. The van der Waals surface area contributed by atoms with E-state index in [0.29, 0.717) is 6.54 Å². The van der Waals surface area contributed by atoms with E-state index in [1.54, 1.807) is 12.4 Å². The number of urea groups is 1. The summed E-state index contributed by atoms with van der Waals surface area (Å²) in [5.74, 6) is -0.670. The highest BCUT2D eigenvalue weighted by molar-refractivity contribution is 5.85. The second-order valence-corrected chi connectivity index (χ2v) is 8.88. The Kier molecular flexibility index (Phi) is 9.69. The van der Waals surface area contributed by atoms with Crippen molar-refractivity contribution in [3.8, 4) is 0 Å². The largest absolute Gasteiger partial charge is 0.338 e. The van der Waals surface area contributed by atoms with E-state index in [1.165, 1.54) is 0 Å². The molecule has 32 heavy (non-hydrogen) atoms. The summed E-state index contributed by atoms with van der Waals surface area (Å²) in [5.41, 5.74) is 1.85. The van der Waals surface area contributed by atoms with Crippen LogP contribution in [0, 0.1) is 0 Å². The fourth-order valence-corrected chi connectivity index (χ4v) is 4.08. The molecule has 174 valence electrons. The lowest BCUT2D eigenvalue weighted by molar-refractivity contribution is -0.137. The Bertz CT molecular complexity index is 831. The molecule has 0 aliphatic heterocycles. The average Bonchev–Trinajstić information content (AvgIpc) is 2.77. The smallest absolute Gasteiger partial charge is 0.315 e. The van der Waals surface area contributed by atoms with E-state index >= 15 is 0 Å². The van der Waals surface area contributed by atoms with Crippen LogP contribution in [-0.4, -0.2) is 46.5 Å². The van der Waals surface area contributed by atoms with Gasteiger partial charge in [-0.1, -0.05) is 43.3 Å². The van der Waals surface area contributed by atoms with Gasteiger partial charge in [-0.25, -0.2) is 4.79 Å². The van der Waals surface area contributed by atoms with E-state index in [0.717, 1.165) is 17.5 Å². The molecule has 0 bridgehead atoms. The summed E-state index contributed by atoms with van der Waals surface area (Å²) in [6.07, 6.45) is 4.32. The SMILES string of the molecule is CCC(C)NC(=O)NCC(c1ccccc1)C(C(=O)N(C(C)C)C(C)C)c1cccnc1. The number of carbonyl (C=O) groups is 2. The molecular weight excluding hydrogens is 400 g/mol. The zero-order chi connectivity index (χ0) is 23.7. The van der Waals surface area contributed by atoms with Gasteiger partial charge in [-0.05, 0) is 58.2 Å². The van der Waals surface area contributed by atoms with E-state index in [4.69, 9.17) is 0 Å². The molecule has 0 radical (unpaired) electrons. The molecule has 6 nitrogen and oxygen atoms in total. The lowest BCUT2D eigenvalue weighted by Crippen LogP contribution is -2.48. The van der Waals surface area contributed by atoms with Crippen molar-refractivity contribution < 1.29 is 9.59 Å². The van der Waals surface area contributed by atoms with E-state index < -0.39 is 5.92 Å². The van der Waals surface area contributed by atoms with Crippen LogP contribution >= 0.6 is 0 Å². The summed E-state index contributed by atoms with van der Waals surface area (Å²) in [4.78, 5) is 32.7. The van der Waals surface area contributed by atoms with Crippen molar-refractivity contribution in [2.75, 3.05) is 6.54 Å². The van der Waals surface area contributed by atoms with E-state index in [9.17, 15) is 9.59 Å². The molecule has 1 aromatic heterocycles. The fourth-order valence-electron chi connectivity index (χ4n) is 4.08. The van der Waals surface area contributed by atoms with Gasteiger partial charge in [-0.15, -0.1) is 0 Å². The number of benzene rings is 1. The van der Waals surface area contributed by atoms with Crippen molar-refractivity contribution in [1.29, 1.82) is 0 Å². The first-order valence-corrected chi connectivity index (χ1v) is 11.6. The predicted molar refractivity (Wildman–Crippen MR) is 130 cm³/mol. The van der Waals surface area contributed by atoms with Crippen molar-refractivity contribution in [2.45, 2.75) is 77.9 Å². The minimum absolute atomic E-state index is 0.0426. The van der Waals surface area contributed by atoms with Gasteiger partial charge in [-0.2, -0.15) is 0 Å². The Morgan fingerprint density at radius 1 is 0.938 bits per heavy atom. The molecule has 0 saturated heterocycles. The van der Waals surface area contributed by atoms with Crippen LogP contribution in [0.2, 0.25) is 0 Å². The number of aromatic nitrogens is 1. The van der Waals surface area contributed by atoms with Gasteiger partial charge >= 0.3 is 6.03 Å². The van der Waals surface area contributed by atoms with Crippen molar-refractivity contribution in [3.63, 3.8) is 0 Å². The Labute approximate surface area is 192 Å². The molecule has 2 aromatic rings. The van der Waals surface area contributed by atoms with Crippen LogP contribution < -0.4 is 10.6 Å². The maximum absolute atomic E-state index is 14.0. The quantitative estimate of drug-likeness (QED) is 0.565. The Hall–Kier alpha value is -2.89. The minimum Gasteiger partial charge on any atom is -0.338 e. The molecule has 3 amide bonds. The number of rotatable bonds is 10. The summed E-state index contributed by atoms with van der Waals surface area (Å²) < 4.78 is 0. The fraction of sp³-hybridized carbons (Fsp3) is 0.500. The first-order chi connectivity index (χ1) is 15.3. The van der Waals surface area contributed by atoms with E-state index in [2.05, 4.69) is 15.6 Å². The van der Waals surface area contributed by atoms with Gasteiger partial charge in [0.1, 0.15) is 0 Å². The van der Waals surface area contributed by atoms with E-state index in [1.807, 2.05) is 88.9 Å². The first kappa shape index (κ1) is 25.4. The van der Waals surface area contributed by atoms with Crippen LogP contribution in [0.5, 0.6) is 0 Å². The van der Waals surface area contributed by atoms with Gasteiger partial charge in [0, 0.05) is 43.0 Å². The van der Waals surface area contributed by atoms with Crippen LogP contribution in [-0.2, 0) is 4.79 Å². The second kappa shape index (κ2) is 12.2. The van der Waals surface area contributed by atoms with Gasteiger partial charge in [0.25, 0.3) is 0 Å². The third kappa shape index (κ3) is 6.81. The molecule has 2 N–H and O–H groups in total. The number of nitrogens with one attached hydrogen (secondary N) is 2. The monoisotopic (exact) mass is 438 g/mol. The van der Waals surface area contributed by atoms with Crippen molar-refractivity contribution >= 4 is 11.9 Å². The van der Waals surface area contributed by atoms with Gasteiger partial charge in [0.15, 0.2) is 0 Å². The lowest BCUT2D eigenvalue weighted by Gasteiger charge is -2.37. The standard InChI is InChI=1S/C26H38N4O2/c1-7-20(6)29-26(32)28-17-23(21-12-9-8-10-13-21)24(22-14-11-15-27-16-22)25(31)30(18(2)3)19(4)5/h8-16,18-20,23-24H,7,17H2,1-6H3,(H2,28,29,32). The zero-order valence-electron chi connectivity index (χ0n) is 20.2. The molecule has 1 heterocycles. The lowest BCUT2D eigenvalue weighted by atomic mass is 9.80. The van der Waals surface area contributed by atoms with Crippen LogP contribution in [0.1, 0.15) is 70.9 Å². The predicted octanol–water partition coefficient (Wildman–Crippen LogP) is 4.69. The summed E-state index contributed by atoms with van der Waals surface area (Å²) in [6, 6.07) is 13.7. The van der Waals surface area contributed by atoms with Crippen LogP contribution in [0.25, 0.3) is 0 Å². The molecule has 3 unspecified atom stereocenters. The second-order valence-electron chi connectivity index (χ2n) is 8.88. The summed E-state index contributed by atoms with van der Waals surface area (Å²) in [5, 5.41) is 5.95. The number of amides is 3. The van der Waals surface area contributed by atoms with Crippen LogP contribution in [0.15, 0.2) is 54.9 Å². The Morgan fingerprint density at radius 2 is 1.56 bits per heavy atom. The third-order valence-electron chi connectivity index (χ3n) is 5.78. The van der Waals surface area contributed by atoms with Gasteiger partial charge in [0.05, 0.1) is 5.92 Å². The highest BCUT2D eigenvalue weighted by Crippen LogP contribution is 2.35. The molecule has 0 spiro atoms. The van der Waals surface area contributed by atoms with E-state index in [-0.39, 0.29) is 36.0 Å². The molecule has 3 atom stereocenters. The minimum atomic E-state index is -0.472. The maximum Gasteiger partial charge on any atom is 0.315 e. The number of hydrogen-bond acceptors (Lipinski definition) is 3. The zero-order valence-corrected chi connectivity index (χ0v) is 20.2. The van der Waals surface area contributed by atoms with Crippen molar-refractivity contribution in [2.24, 2.45) is 0 Å². The van der Waals surface area contributed by atoms with Crippen LogP contribution in [0.3, 0.4) is 0 Å².